The Kier molecular flexibility index (Phi) is 8.07. The van der Waals surface area contributed by atoms with E-state index in [1.54, 1.807) is 0 Å². The van der Waals surface area contributed by atoms with E-state index in [1.807, 2.05) is 0 Å². The van der Waals surface area contributed by atoms with Gasteiger partial charge in [0.2, 0.25) is 0 Å². The monoisotopic (exact) mass is 305 g/mol. The molecule has 0 spiro atoms. The smallest absolute Gasteiger partial charge is 0.150 e. The Morgan fingerprint density at radius 2 is 2.10 bits per heavy atom. The van der Waals surface area contributed by atoms with Crippen LogP contribution >= 0.6 is 0 Å². The van der Waals surface area contributed by atoms with E-state index in [1.165, 1.54) is 0 Å². The molecule has 2 atom stereocenters. The second-order valence-corrected chi connectivity index (χ2v) is 8.61. The highest BCUT2D eigenvalue weighted by atomic mass is 32.2. The van der Waals surface area contributed by atoms with Gasteiger partial charge in [0.25, 0.3) is 0 Å². The van der Waals surface area contributed by atoms with Crippen LogP contribution in [0.25, 0.3) is 0 Å². The minimum atomic E-state index is -2.78. The largest absolute Gasteiger partial charge is 0.381 e. The lowest BCUT2D eigenvalue weighted by Crippen LogP contribution is -2.30. The fraction of sp³-hybridized carbons (Fsp3) is 1.00. The second-order valence-electron chi connectivity index (χ2n) is 6.38. The zero-order valence-electron chi connectivity index (χ0n) is 13.2. The highest BCUT2D eigenvalue weighted by Gasteiger charge is 2.33. The Balaban J connectivity index is 2.39. The lowest BCUT2D eigenvalue weighted by Gasteiger charge is -2.23. The van der Waals surface area contributed by atoms with E-state index in [-0.39, 0.29) is 0 Å². The molecule has 0 amide bonds. The van der Waals surface area contributed by atoms with E-state index in [2.05, 4.69) is 26.1 Å². The third kappa shape index (κ3) is 7.04. The van der Waals surface area contributed by atoms with Gasteiger partial charge in [-0.3, -0.25) is 0 Å². The van der Waals surface area contributed by atoms with Gasteiger partial charge in [-0.2, -0.15) is 0 Å². The molecule has 120 valence electrons. The van der Waals surface area contributed by atoms with Crippen molar-refractivity contribution < 1.29 is 13.2 Å². The molecule has 0 aromatic heterocycles. The van der Waals surface area contributed by atoms with Gasteiger partial charge >= 0.3 is 0 Å². The van der Waals surface area contributed by atoms with Crippen molar-refractivity contribution in [1.82, 2.24) is 5.32 Å². The summed E-state index contributed by atoms with van der Waals surface area (Å²) < 4.78 is 29.0. The van der Waals surface area contributed by atoms with Gasteiger partial charge in [0.05, 0.1) is 11.5 Å². The Labute approximate surface area is 124 Å². The molecule has 1 fully saturated rings. The van der Waals surface area contributed by atoms with Crippen LogP contribution in [-0.2, 0) is 14.6 Å². The first-order valence-corrected chi connectivity index (χ1v) is 9.75. The number of sulfone groups is 1. The van der Waals surface area contributed by atoms with Gasteiger partial charge in [-0.25, -0.2) is 8.42 Å². The SMILES string of the molecule is CCCNCC(CCOCC(C)C)C1CCS(=O)(=O)C1. The molecular weight excluding hydrogens is 274 g/mol. The normalized spacial score (nSPS) is 23.3. The molecule has 1 heterocycles. The van der Waals surface area contributed by atoms with E-state index in [0.717, 1.165) is 45.6 Å². The average Bonchev–Trinajstić information content (AvgIpc) is 2.72. The van der Waals surface area contributed by atoms with E-state index >= 15 is 0 Å². The van der Waals surface area contributed by atoms with Crippen molar-refractivity contribution in [3.8, 4) is 0 Å². The van der Waals surface area contributed by atoms with Gasteiger partial charge < -0.3 is 10.1 Å². The summed E-state index contributed by atoms with van der Waals surface area (Å²) in [6, 6.07) is 0. The first-order valence-electron chi connectivity index (χ1n) is 7.93. The maximum atomic E-state index is 11.6. The van der Waals surface area contributed by atoms with Crippen molar-refractivity contribution >= 4 is 9.84 Å². The summed E-state index contributed by atoms with van der Waals surface area (Å²) in [4.78, 5) is 0. The first kappa shape index (κ1) is 17.9. The number of rotatable bonds is 10. The van der Waals surface area contributed by atoms with Crippen LogP contribution in [0, 0.1) is 17.8 Å². The van der Waals surface area contributed by atoms with Crippen LogP contribution in [0.15, 0.2) is 0 Å². The molecule has 2 unspecified atom stereocenters. The molecule has 0 aromatic carbocycles. The molecule has 1 rings (SSSR count). The minimum Gasteiger partial charge on any atom is -0.381 e. The first-order chi connectivity index (χ1) is 9.44. The number of ether oxygens (including phenoxy) is 1. The van der Waals surface area contributed by atoms with E-state index in [9.17, 15) is 8.42 Å². The lowest BCUT2D eigenvalue weighted by molar-refractivity contribution is 0.0914. The molecule has 0 bridgehead atoms. The minimum absolute atomic E-state index is 0.312. The predicted octanol–water partition coefficient (Wildman–Crippen LogP) is 2.10. The van der Waals surface area contributed by atoms with Crippen LogP contribution in [0.3, 0.4) is 0 Å². The molecule has 1 aliphatic rings. The Morgan fingerprint density at radius 3 is 2.65 bits per heavy atom. The molecule has 1 N–H and O–H groups in total. The summed E-state index contributed by atoms with van der Waals surface area (Å²) in [5.74, 6) is 2.03. The fourth-order valence-corrected chi connectivity index (χ4v) is 4.64. The molecule has 20 heavy (non-hydrogen) atoms. The highest BCUT2D eigenvalue weighted by molar-refractivity contribution is 7.91. The van der Waals surface area contributed by atoms with Crippen molar-refractivity contribution in [2.24, 2.45) is 17.8 Å². The standard InChI is InChI=1S/C15H31NO3S/c1-4-7-16-10-14(5-8-19-11-13(2)3)15-6-9-20(17,18)12-15/h13-16H,4-12H2,1-3H3. The molecule has 0 radical (unpaired) electrons. The van der Waals surface area contributed by atoms with Crippen LogP contribution in [0.4, 0.5) is 0 Å². The van der Waals surface area contributed by atoms with Gasteiger partial charge in [-0.15, -0.1) is 0 Å². The fourth-order valence-electron chi connectivity index (χ4n) is 2.72. The molecular formula is C15H31NO3S. The van der Waals surface area contributed by atoms with Gasteiger partial charge in [0.15, 0.2) is 9.84 Å². The van der Waals surface area contributed by atoms with Gasteiger partial charge in [0, 0.05) is 13.2 Å². The quantitative estimate of drug-likeness (QED) is 0.628. The summed E-state index contributed by atoms with van der Waals surface area (Å²) in [6.07, 6.45) is 2.90. The van der Waals surface area contributed by atoms with Crippen LogP contribution in [0.2, 0.25) is 0 Å². The molecule has 5 heteroatoms. The summed E-state index contributed by atoms with van der Waals surface area (Å²) in [5.41, 5.74) is 0. The molecule has 0 aromatic rings. The van der Waals surface area contributed by atoms with E-state index in [0.29, 0.717) is 29.3 Å². The molecule has 1 aliphatic heterocycles. The zero-order chi connectivity index (χ0) is 15.0. The number of hydrogen-bond donors (Lipinski definition) is 1. The second kappa shape index (κ2) is 9.00. The van der Waals surface area contributed by atoms with Gasteiger partial charge in [-0.05, 0) is 50.1 Å². The third-order valence-corrected chi connectivity index (χ3v) is 5.65. The van der Waals surface area contributed by atoms with Crippen molar-refractivity contribution in [2.45, 2.75) is 40.0 Å². The molecule has 4 nitrogen and oxygen atoms in total. The van der Waals surface area contributed by atoms with Crippen LogP contribution in [0.1, 0.15) is 40.0 Å². The van der Waals surface area contributed by atoms with Gasteiger partial charge in [-0.1, -0.05) is 20.8 Å². The lowest BCUT2D eigenvalue weighted by atomic mass is 9.89. The number of nitrogens with one attached hydrogen (secondary N) is 1. The van der Waals surface area contributed by atoms with Gasteiger partial charge in [0.1, 0.15) is 0 Å². The average molecular weight is 305 g/mol. The summed E-state index contributed by atoms with van der Waals surface area (Å²) in [7, 11) is -2.78. The van der Waals surface area contributed by atoms with Crippen LogP contribution in [-0.4, -0.2) is 46.2 Å². The summed E-state index contributed by atoms with van der Waals surface area (Å²) >= 11 is 0. The third-order valence-electron chi connectivity index (χ3n) is 3.85. The van der Waals surface area contributed by atoms with Crippen molar-refractivity contribution in [2.75, 3.05) is 37.8 Å². The van der Waals surface area contributed by atoms with E-state index in [4.69, 9.17) is 4.74 Å². The molecule has 0 saturated carbocycles. The highest BCUT2D eigenvalue weighted by Crippen LogP contribution is 2.28. The van der Waals surface area contributed by atoms with Crippen molar-refractivity contribution in [3.05, 3.63) is 0 Å². The Bertz CT molecular complexity index is 354. The van der Waals surface area contributed by atoms with Crippen LogP contribution in [0.5, 0.6) is 0 Å². The topological polar surface area (TPSA) is 55.4 Å². The Morgan fingerprint density at radius 1 is 1.35 bits per heavy atom. The maximum Gasteiger partial charge on any atom is 0.150 e. The summed E-state index contributed by atoms with van der Waals surface area (Å²) in [5, 5.41) is 3.44. The Hall–Kier alpha value is -0.130. The zero-order valence-corrected chi connectivity index (χ0v) is 14.0. The molecule has 1 saturated heterocycles. The van der Waals surface area contributed by atoms with Crippen LogP contribution < -0.4 is 5.32 Å². The summed E-state index contributed by atoms with van der Waals surface area (Å²) in [6.45, 7) is 9.88. The van der Waals surface area contributed by atoms with Crippen molar-refractivity contribution in [1.29, 1.82) is 0 Å². The maximum absolute atomic E-state index is 11.6. The van der Waals surface area contributed by atoms with Crippen molar-refractivity contribution in [3.63, 3.8) is 0 Å². The molecule has 0 aliphatic carbocycles. The number of hydrogen-bond acceptors (Lipinski definition) is 4. The van der Waals surface area contributed by atoms with E-state index < -0.39 is 9.84 Å². The predicted molar refractivity (Wildman–Crippen MR) is 83.7 cm³/mol.